The van der Waals surface area contributed by atoms with Crippen molar-refractivity contribution in [1.29, 1.82) is 5.26 Å². The Labute approximate surface area is 98.5 Å². The fourth-order valence-corrected chi connectivity index (χ4v) is 1.52. The van der Waals surface area contributed by atoms with Gasteiger partial charge in [-0.25, -0.2) is 4.39 Å². The Morgan fingerprint density at radius 1 is 1.41 bits per heavy atom. The third-order valence-corrected chi connectivity index (χ3v) is 2.43. The van der Waals surface area contributed by atoms with E-state index in [1.54, 1.807) is 31.2 Å². The van der Waals surface area contributed by atoms with Gasteiger partial charge in [-0.05, 0) is 42.8 Å². The average molecular weight is 230 g/mol. The highest BCUT2D eigenvalue weighted by Crippen LogP contribution is 2.21. The van der Waals surface area contributed by atoms with E-state index in [1.165, 1.54) is 12.3 Å². The van der Waals surface area contributed by atoms with Gasteiger partial charge in [-0.1, -0.05) is 0 Å². The summed E-state index contributed by atoms with van der Waals surface area (Å²) in [7, 11) is 0. The highest BCUT2D eigenvalue weighted by molar-refractivity contribution is 5.48. The minimum absolute atomic E-state index is 0.262. The Kier molecular flexibility index (Phi) is 3.10. The fourth-order valence-electron chi connectivity index (χ4n) is 1.52. The number of hydrogen-bond acceptors (Lipinski definition) is 3. The lowest BCUT2D eigenvalue weighted by molar-refractivity contribution is 0.505. The van der Waals surface area contributed by atoms with E-state index in [1.807, 2.05) is 0 Å². The first-order valence-electron chi connectivity index (χ1n) is 5.16. The SMILES string of the molecule is Cc1cc(NC(C#N)c2ccco2)ccc1F. The van der Waals surface area contributed by atoms with Crippen LogP contribution in [-0.2, 0) is 0 Å². The Hall–Kier alpha value is -2.28. The summed E-state index contributed by atoms with van der Waals surface area (Å²) in [5, 5.41) is 12.0. The Morgan fingerprint density at radius 2 is 2.24 bits per heavy atom. The van der Waals surface area contributed by atoms with E-state index in [2.05, 4.69) is 11.4 Å². The normalized spacial score (nSPS) is 11.8. The molecule has 0 radical (unpaired) electrons. The monoisotopic (exact) mass is 230 g/mol. The van der Waals surface area contributed by atoms with Crippen LogP contribution in [0, 0.1) is 24.1 Å². The van der Waals surface area contributed by atoms with Gasteiger partial charge in [-0.15, -0.1) is 0 Å². The lowest BCUT2D eigenvalue weighted by Gasteiger charge is -2.11. The molecule has 4 heteroatoms. The van der Waals surface area contributed by atoms with Crippen LogP contribution in [0.15, 0.2) is 41.0 Å². The molecule has 0 amide bonds. The predicted octanol–water partition coefficient (Wildman–Crippen LogP) is 3.40. The first kappa shape index (κ1) is 11.2. The van der Waals surface area contributed by atoms with Gasteiger partial charge in [0, 0.05) is 5.69 Å². The molecule has 0 bridgehead atoms. The Morgan fingerprint density at radius 3 is 2.82 bits per heavy atom. The zero-order valence-electron chi connectivity index (χ0n) is 9.27. The maximum Gasteiger partial charge on any atom is 0.173 e. The van der Waals surface area contributed by atoms with E-state index < -0.39 is 6.04 Å². The zero-order chi connectivity index (χ0) is 12.3. The summed E-state index contributed by atoms with van der Waals surface area (Å²) in [6, 6.07) is 9.57. The van der Waals surface area contributed by atoms with E-state index >= 15 is 0 Å². The molecule has 1 atom stereocenters. The van der Waals surface area contributed by atoms with E-state index in [0.29, 0.717) is 17.0 Å². The summed E-state index contributed by atoms with van der Waals surface area (Å²) >= 11 is 0. The molecule has 0 saturated carbocycles. The molecule has 0 aliphatic heterocycles. The molecule has 2 rings (SSSR count). The van der Waals surface area contributed by atoms with Gasteiger partial charge in [-0.3, -0.25) is 0 Å². The van der Waals surface area contributed by atoms with Gasteiger partial charge < -0.3 is 9.73 Å². The van der Waals surface area contributed by atoms with Gasteiger partial charge in [0.1, 0.15) is 11.6 Å². The van der Waals surface area contributed by atoms with Crippen molar-refractivity contribution in [2.45, 2.75) is 13.0 Å². The number of furan rings is 1. The van der Waals surface area contributed by atoms with Crippen LogP contribution >= 0.6 is 0 Å². The van der Waals surface area contributed by atoms with Gasteiger partial charge in [0.15, 0.2) is 6.04 Å². The number of nitrogens with zero attached hydrogens (tertiary/aromatic N) is 1. The second kappa shape index (κ2) is 4.71. The second-order valence-corrected chi connectivity index (χ2v) is 3.69. The molecule has 1 aromatic heterocycles. The van der Waals surface area contributed by atoms with Crippen LogP contribution < -0.4 is 5.32 Å². The third-order valence-electron chi connectivity index (χ3n) is 2.43. The first-order valence-corrected chi connectivity index (χ1v) is 5.16. The fraction of sp³-hybridized carbons (Fsp3) is 0.154. The molecule has 1 unspecified atom stereocenters. The summed E-state index contributed by atoms with van der Waals surface area (Å²) < 4.78 is 18.2. The summed E-state index contributed by atoms with van der Waals surface area (Å²) in [6.07, 6.45) is 1.51. The molecule has 0 aliphatic rings. The topological polar surface area (TPSA) is 49.0 Å². The lowest BCUT2D eigenvalue weighted by Crippen LogP contribution is -2.07. The molecule has 1 N–H and O–H groups in total. The summed E-state index contributed by atoms with van der Waals surface area (Å²) in [5.41, 5.74) is 1.22. The number of nitriles is 1. The lowest BCUT2D eigenvalue weighted by atomic mass is 10.2. The van der Waals surface area contributed by atoms with Crippen molar-refractivity contribution in [3.63, 3.8) is 0 Å². The van der Waals surface area contributed by atoms with Crippen molar-refractivity contribution in [2.75, 3.05) is 5.32 Å². The third kappa shape index (κ3) is 2.45. The van der Waals surface area contributed by atoms with E-state index in [-0.39, 0.29) is 5.82 Å². The largest absolute Gasteiger partial charge is 0.466 e. The molecule has 0 aliphatic carbocycles. The predicted molar refractivity (Wildman–Crippen MR) is 61.8 cm³/mol. The highest BCUT2D eigenvalue weighted by atomic mass is 19.1. The number of hydrogen-bond donors (Lipinski definition) is 1. The van der Waals surface area contributed by atoms with Crippen molar-refractivity contribution in [2.24, 2.45) is 0 Å². The molecular formula is C13H11FN2O. The molecular weight excluding hydrogens is 219 g/mol. The molecule has 1 aromatic carbocycles. The number of anilines is 1. The molecule has 1 heterocycles. The van der Waals surface area contributed by atoms with Gasteiger partial charge in [-0.2, -0.15) is 5.26 Å². The standard InChI is InChI=1S/C13H11FN2O/c1-9-7-10(4-5-11(9)14)16-12(8-15)13-3-2-6-17-13/h2-7,12,16H,1H3. The van der Waals surface area contributed by atoms with E-state index in [4.69, 9.17) is 9.68 Å². The molecule has 0 spiro atoms. The Balaban J connectivity index is 2.20. The van der Waals surface area contributed by atoms with Crippen LogP contribution in [0.4, 0.5) is 10.1 Å². The number of nitrogens with one attached hydrogen (secondary N) is 1. The maximum absolute atomic E-state index is 13.1. The maximum atomic E-state index is 13.1. The zero-order valence-corrected chi connectivity index (χ0v) is 9.27. The smallest absolute Gasteiger partial charge is 0.173 e. The number of aryl methyl sites for hydroxylation is 1. The van der Waals surface area contributed by atoms with E-state index in [9.17, 15) is 4.39 Å². The second-order valence-electron chi connectivity index (χ2n) is 3.69. The number of benzene rings is 1. The van der Waals surface area contributed by atoms with Crippen LogP contribution in [0.5, 0.6) is 0 Å². The van der Waals surface area contributed by atoms with E-state index in [0.717, 1.165) is 0 Å². The van der Waals surface area contributed by atoms with Crippen LogP contribution in [0.3, 0.4) is 0 Å². The van der Waals surface area contributed by atoms with Crippen molar-refractivity contribution < 1.29 is 8.81 Å². The minimum atomic E-state index is -0.574. The number of rotatable bonds is 3. The highest BCUT2D eigenvalue weighted by Gasteiger charge is 2.13. The molecule has 3 nitrogen and oxygen atoms in total. The van der Waals surface area contributed by atoms with Crippen molar-refractivity contribution in [1.82, 2.24) is 0 Å². The quantitative estimate of drug-likeness (QED) is 0.879. The first-order chi connectivity index (χ1) is 8.20. The molecule has 2 aromatic rings. The summed E-state index contributed by atoms with van der Waals surface area (Å²) in [5.74, 6) is 0.275. The summed E-state index contributed by atoms with van der Waals surface area (Å²) in [6.45, 7) is 1.68. The molecule has 0 saturated heterocycles. The molecule has 17 heavy (non-hydrogen) atoms. The minimum Gasteiger partial charge on any atom is -0.466 e. The number of halogens is 1. The van der Waals surface area contributed by atoms with Crippen molar-refractivity contribution in [3.05, 3.63) is 53.7 Å². The van der Waals surface area contributed by atoms with Gasteiger partial charge in [0.2, 0.25) is 0 Å². The van der Waals surface area contributed by atoms with Crippen LogP contribution in [0.2, 0.25) is 0 Å². The van der Waals surface area contributed by atoms with Crippen molar-refractivity contribution >= 4 is 5.69 Å². The van der Waals surface area contributed by atoms with Gasteiger partial charge in [0.25, 0.3) is 0 Å². The van der Waals surface area contributed by atoms with Gasteiger partial charge in [0.05, 0.1) is 12.3 Å². The Bertz CT molecular complexity index is 543. The van der Waals surface area contributed by atoms with Crippen LogP contribution in [-0.4, -0.2) is 0 Å². The summed E-state index contributed by atoms with van der Waals surface area (Å²) in [4.78, 5) is 0. The average Bonchev–Trinajstić information content (AvgIpc) is 2.84. The van der Waals surface area contributed by atoms with Crippen LogP contribution in [0.1, 0.15) is 17.4 Å². The molecule has 86 valence electrons. The van der Waals surface area contributed by atoms with Gasteiger partial charge >= 0.3 is 0 Å². The van der Waals surface area contributed by atoms with Crippen molar-refractivity contribution in [3.8, 4) is 6.07 Å². The van der Waals surface area contributed by atoms with Crippen LogP contribution in [0.25, 0.3) is 0 Å². The molecule has 0 fully saturated rings.